The Morgan fingerprint density at radius 1 is 1.08 bits per heavy atom. The maximum absolute atomic E-state index is 12.7. The number of piperidine rings is 1. The molecule has 5 heteroatoms. The van der Waals surface area contributed by atoms with E-state index in [9.17, 15) is 4.79 Å². The Balaban J connectivity index is 0.00000169. The number of carbonyl (C=O) groups excluding carboxylic acids is 1. The van der Waals surface area contributed by atoms with E-state index in [1.165, 1.54) is 38.5 Å². The molecule has 1 saturated heterocycles. The van der Waals surface area contributed by atoms with E-state index in [0.29, 0.717) is 23.9 Å². The van der Waals surface area contributed by atoms with E-state index in [1.54, 1.807) is 0 Å². The summed E-state index contributed by atoms with van der Waals surface area (Å²) in [6, 6.07) is 0.339. The maximum Gasteiger partial charge on any atom is 0.236 e. The van der Waals surface area contributed by atoms with E-state index in [-0.39, 0.29) is 12.4 Å². The fraction of sp³-hybridized carbons (Fsp3) is 0.947. The fourth-order valence-corrected chi connectivity index (χ4v) is 6.50. The molecule has 5 fully saturated rings. The zero-order chi connectivity index (χ0) is 16.0. The summed E-state index contributed by atoms with van der Waals surface area (Å²) >= 11 is 0. The van der Waals surface area contributed by atoms with Gasteiger partial charge in [0.25, 0.3) is 0 Å². The van der Waals surface area contributed by atoms with Crippen LogP contribution in [-0.2, 0) is 4.79 Å². The lowest BCUT2D eigenvalue weighted by Crippen LogP contribution is -2.52. The van der Waals surface area contributed by atoms with Gasteiger partial charge in [0.1, 0.15) is 0 Å². The van der Waals surface area contributed by atoms with Gasteiger partial charge in [-0.25, -0.2) is 0 Å². The summed E-state index contributed by atoms with van der Waals surface area (Å²) < 4.78 is 0. The zero-order valence-corrected chi connectivity index (χ0v) is 15.9. The van der Waals surface area contributed by atoms with Gasteiger partial charge in [-0.1, -0.05) is 0 Å². The van der Waals surface area contributed by atoms with Crippen LogP contribution in [0.2, 0.25) is 0 Å². The smallest absolute Gasteiger partial charge is 0.236 e. The van der Waals surface area contributed by atoms with Gasteiger partial charge in [0.05, 0.1) is 6.54 Å². The highest BCUT2D eigenvalue weighted by molar-refractivity contribution is 5.85. The Bertz CT molecular complexity index is 426. The van der Waals surface area contributed by atoms with Crippen LogP contribution in [0.4, 0.5) is 0 Å². The van der Waals surface area contributed by atoms with E-state index in [1.807, 2.05) is 7.05 Å². The monoisotopic (exact) mass is 355 g/mol. The second-order valence-corrected chi connectivity index (χ2v) is 9.28. The summed E-state index contributed by atoms with van der Waals surface area (Å²) in [6.45, 7) is 3.56. The van der Waals surface area contributed by atoms with Crippen LogP contribution in [0.3, 0.4) is 0 Å². The van der Waals surface area contributed by atoms with Crippen LogP contribution in [0.1, 0.15) is 51.4 Å². The molecule has 4 bridgehead atoms. The molecule has 0 atom stereocenters. The molecule has 138 valence electrons. The van der Waals surface area contributed by atoms with Crippen LogP contribution in [0.25, 0.3) is 0 Å². The Kier molecular flexibility index (Phi) is 5.48. The highest BCUT2D eigenvalue weighted by Gasteiger charge is 2.51. The minimum Gasteiger partial charge on any atom is -0.344 e. The Morgan fingerprint density at radius 3 is 2.08 bits per heavy atom. The molecule has 4 nitrogen and oxygen atoms in total. The molecule has 0 spiro atoms. The zero-order valence-electron chi connectivity index (χ0n) is 15.1. The second-order valence-electron chi connectivity index (χ2n) is 9.28. The molecule has 1 heterocycles. The van der Waals surface area contributed by atoms with Gasteiger partial charge in [-0.15, -0.1) is 12.4 Å². The van der Waals surface area contributed by atoms with Crippen molar-refractivity contribution in [3.8, 4) is 0 Å². The molecule has 0 aromatic rings. The molecular formula is C19H34ClN3O. The fourth-order valence-electron chi connectivity index (χ4n) is 6.50. The number of nitrogens with two attached hydrogens (primary N) is 1. The summed E-state index contributed by atoms with van der Waals surface area (Å²) in [5.41, 5.74) is 6.42. The van der Waals surface area contributed by atoms with Crippen LogP contribution < -0.4 is 5.73 Å². The summed E-state index contributed by atoms with van der Waals surface area (Å²) in [5.74, 6) is 3.21. The molecule has 4 aliphatic carbocycles. The molecule has 0 aromatic heterocycles. The summed E-state index contributed by atoms with van der Waals surface area (Å²) in [5, 5.41) is 0. The summed E-state index contributed by atoms with van der Waals surface area (Å²) in [7, 11) is 2.04. The van der Waals surface area contributed by atoms with Gasteiger partial charge in [-0.3, -0.25) is 9.69 Å². The topological polar surface area (TPSA) is 49.6 Å². The third kappa shape index (κ3) is 3.76. The van der Waals surface area contributed by atoms with Crippen molar-refractivity contribution in [2.45, 2.75) is 57.4 Å². The number of hydrogen-bond donors (Lipinski definition) is 1. The summed E-state index contributed by atoms with van der Waals surface area (Å²) in [6.07, 6.45) is 10.7. The van der Waals surface area contributed by atoms with Gasteiger partial charge in [-0.05, 0) is 74.5 Å². The summed E-state index contributed by atoms with van der Waals surface area (Å²) in [4.78, 5) is 17.0. The molecule has 2 N–H and O–H groups in total. The lowest BCUT2D eigenvalue weighted by atomic mass is 9.49. The lowest BCUT2D eigenvalue weighted by Gasteiger charge is -2.57. The SMILES string of the molecule is CN(CC12CC3CC(CC(C3)C1)C2)C(=O)CN1CCC(N)CC1.Cl. The largest absolute Gasteiger partial charge is 0.344 e. The standard InChI is InChI=1S/C19H33N3O.ClH/c1-21(18(23)12-22-4-2-17(20)3-5-22)13-19-9-14-6-15(10-19)8-16(7-14)11-19;/h14-17H,2-13,20H2,1H3;1H. The van der Waals surface area contributed by atoms with Crippen molar-refractivity contribution in [2.75, 3.05) is 33.2 Å². The number of amides is 1. The van der Waals surface area contributed by atoms with Crippen molar-refractivity contribution in [1.82, 2.24) is 9.80 Å². The average Bonchev–Trinajstić information content (AvgIpc) is 2.47. The van der Waals surface area contributed by atoms with Crippen LogP contribution in [-0.4, -0.2) is 55.0 Å². The molecule has 0 radical (unpaired) electrons. The first-order valence-corrected chi connectivity index (χ1v) is 9.73. The van der Waals surface area contributed by atoms with Gasteiger partial charge < -0.3 is 10.6 Å². The number of hydrogen-bond acceptors (Lipinski definition) is 3. The molecule has 1 amide bonds. The van der Waals surface area contributed by atoms with Crippen LogP contribution in [0.5, 0.6) is 0 Å². The second kappa shape index (κ2) is 7.13. The molecular weight excluding hydrogens is 322 g/mol. The number of likely N-dealkylation sites (N-methyl/N-ethyl adjacent to an activating group) is 1. The van der Waals surface area contributed by atoms with E-state index in [0.717, 1.165) is 50.2 Å². The first-order valence-electron chi connectivity index (χ1n) is 9.73. The van der Waals surface area contributed by atoms with Crippen molar-refractivity contribution < 1.29 is 4.79 Å². The van der Waals surface area contributed by atoms with Gasteiger partial charge in [0, 0.05) is 32.7 Å². The first-order chi connectivity index (χ1) is 11.0. The number of rotatable bonds is 4. The van der Waals surface area contributed by atoms with Gasteiger partial charge in [0.2, 0.25) is 5.91 Å². The van der Waals surface area contributed by atoms with E-state index < -0.39 is 0 Å². The number of nitrogens with zero attached hydrogens (tertiary/aromatic N) is 2. The Morgan fingerprint density at radius 2 is 1.58 bits per heavy atom. The van der Waals surface area contributed by atoms with Crippen LogP contribution >= 0.6 is 12.4 Å². The molecule has 0 unspecified atom stereocenters. The number of carbonyl (C=O) groups is 1. The predicted octanol–water partition coefficient (Wildman–Crippen LogP) is 2.51. The van der Waals surface area contributed by atoms with Crippen molar-refractivity contribution >= 4 is 18.3 Å². The minimum atomic E-state index is 0. The first kappa shape index (κ1) is 18.5. The molecule has 24 heavy (non-hydrogen) atoms. The molecule has 1 aliphatic heterocycles. The Hall–Kier alpha value is -0.320. The Labute approximate surface area is 152 Å². The van der Waals surface area contributed by atoms with Gasteiger partial charge in [0.15, 0.2) is 0 Å². The van der Waals surface area contributed by atoms with Crippen molar-refractivity contribution in [2.24, 2.45) is 28.9 Å². The molecule has 4 saturated carbocycles. The normalized spacial score (nSPS) is 38.8. The maximum atomic E-state index is 12.7. The quantitative estimate of drug-likeness (QED) is 0.843. The van der Waals surface area contributed by atoms with Crippen LogP contribution in [0, 0.1) is 23.2 Å². The van der Waals surface area contributed by atoms with Gasteiger partial charge >= 0.3 is 0 Å². The lowest BCUT2D eigenvalue weighted by molar-refractivity contribution is -0.136. The minimum absolute atomic E-state index is 0. The molecule has 0 aromatic carbocycles. The highest BCUT2D eigenvalue weighted by atomic mass is 35.5. The van der Waals surface area contributed by atoms with E-state index >= 15 is 0 Å². The predicted molar refractivity (Wildman–Crippen MR) is 99.1 cm³/mol. The van der Waals surface area contributed by atoms with Crippen molar-refractivity contribution in [3.05, 3.63) is 0 Å². The van der Waals surface area contributed by atoms with E-state index in [2.05, 4.69) is 9.80 Å². The molecule has 5 aliphatic rings. The van der Waals surface area contributed by atoms with Crippen molar-refractivity contribution in [3.63, 3.8) is 0 Å². The van der Waals surface area contributed by atoms with Crippen molar-refractivity contribution in [1.29, 1.82) is 0 Å². The van der Waals surface area contributed by atoms with Crippen LogP contribution in [0.15, 0.2) is 0 Å². The highest BCUT2D eigenvalue weighted by Crippen LogP contribution is 2.60. The third-order valence-electron chi connectivity index (χ3n) is 7.15. The number of halogens is 1. The molecule has 5 rings (SSSR count). The van der Waals surface area contributed by atoms with Gasteiger partial charge in [-0.2, -0.15) is 0 Å². The average molecular weight is 356 g/mol. The number of likely N-dealkylation sites (tertiary alicyclic amines) is 1. The third-order valence-corrected chi connectivity index (χ3v) is 7.15. The van der Waals surface area contributed by atoms with E-state index in [4.69, 9.17) is 5.73 Å².